The molecule has 0 saturated carbocycles. The number of amides is 1. The highest BCUT2D eigenvalue weighted by atomic mass is 32.2. The Morgan fingerprint density at radius 2 is 1.64 bits per heavy atom. The smallest absolute Gasteiger partial charge is 0.252 e. The average Bonchev–Trinajstić information content (AvgIpc) is 2.52. The van der Waals surface area contributed by atoms with Crippen LogP contribution in [0.4, 0.5) is 0 Å². The van der Waals surface area contributed by atoms with Crippen molar-refractivity contribution in [3.63, 3.8) is 0 Å². The van der Waals surface area contributed by atoms with Crippen LogP contribution >= 0.6 is 0 Å². The Hall–Kier alpha value is -2.14. The lowest BCUT2D eigenvalue weighted by molar-refractivity contribution is 0.0948. The lowest BCUT2D eigenvalue weighted by Gasteiger charge is -2.14. The SMILES string of the molecule is CC(CNC(=O)c1ccccc1S(C)(=O)=O)c1ccccc1. The number of carbonyl (C=O) groups is 1. The van der Waals surface area contributed by atoms with Gasteiger partial charge in [0.2, 0.25) is 0 Å². The molecule has 116 valence electrons. The van der Waals surface area contributed by atoms with Crippen molar-refractivity contribution in [1.29, 1.82) is 0 Å². The van der Waals surface area contributed by atoms with Gasteiger partial charge in [-0.05, 0) is 23.6 Å². The Morgan fingerprint density at radius 3 is 2.27 bits per heavy atom. The van der Waals surface area contributed by atoms with E-state index in [2.05, 4.69) is 5.32 Å². The van der Waals surface area contributed by atoms with Crippen molar-refractivity contribution in [3.8, 4) is 0 Å². The molecular formula is C17H19NO3S. The first kappa shape index (κ1) is 16.2. The number of sulfone groups is 1. The summed E-state index contributed by atoms with van der Waals surface area (Å²) in [5.41, 5.74) is 1.31. The van der Waals surface area contributed by atoms with E-state index in [4.69, 9.17) is 0 Å². The Morgan fingerprint density at radius 1 is 1.05 bits per heavy atom. The summed E-state index contributed by atoms with van der Waals surface area (Å²) >= 11 is 0. The predicted molar refractivity (Wildman–Crippen MR) is 86.7 cm³/mol. The van der Waals surface area contributed by atoms with Crippen molar-refractivity contribution in [2.24, 2.45) is 0 Å². The molecule has 1 amide bonds. The van der Waals surface area contributed by atoms with Crippen LogP contribution in [0.15, 0.2) is 59.5 Å². The summed E-state index contributed by atoms with van der Waals surface area (Å²) in [6, 6.07) is 16.1. The van der Waals surface area contributed by atoms with Crippen molar-refractivity contribution in [3.05, 3.63) is 65.7 Å². The number of hydrogen-bond acceptors (Lipinski definition) is 3. The summed E-state index contributed by atoms with van der Waals surface area (Å²) in [4.78, 5) is 12.3. The average molecular weight is 317 g/mol. The van der Waals surface area contributed by atoms with E-state index in [0.717, 1.165) is 11.8 Å². The Balaban J connectivity index is 2.11. The van der Waals surface area contributed by atoms with E-state index in [1.807, 2.05) is 37.3 Å². The normalized spacial score (nSPS) is 12.6. The summed E-state index contributed by atoms with van der Waals surface area (Å²) in [6.07, 6.45) is 1.10. The molecule has 1 N–H and O–H groups in total. The molecule has 0 aromatic heterocycles. The molecule has 0 aliphatic heterocycles. The lowest BCUT2D eigenvalue weighted by Crippen LogP contribution is -2.28. The molecule has 0 heterocycles. The van der Waals surface area contributed by atoms with Crippen LogP contribution in [0.2, 0.25) is 0 Å². The molecule has 5 heteroatoms. The Kier molecular flexibility index (Phi) is 4.98. The third kappa shape index (κ3) is 3.95. The fourth-order valence-corrected chi connectivity index (χ4v) is 3.10. The minimum Gasteiger partial charge on any atom is -0.351 e. The van der Waals surface area contributed by atoms with Gasteiger partial charge >= 0.3 is 0 Å². The van der Waals surface area contributed by atoms with Crippen molar-refractivity contribution in [1.82, 2.24) is 5.32 Å². The summed E-state index contributed by atoms with van der Waals surface area (Å²) in [5, 5.41) is 2.81. The zero-order valence-corrected chi connectivity index (χ0v) is 13.4. The van der Waals surface area contributed by atoms with Gasteiger partial charge in [-0.3, -0.25) is 4.79 Å². The molecule has 1 unspecified atom stereocenters. The summed E-state index contributed by atoms with van der Waals surface area (Å²) in [5.74, 6) is -0.223. The molecule has 0 spiro atoms. The van der Waals surface area contributed by atoms with Gasteiger partial charge in [0, 0.05) is 12.8 Å². The Bertz CT molecular complexity index is 754. The van der Waals surface area contributed by atoms with Crippen LogP contribution in [0.1, 0.15) is 28.8 Å². The Labute approximate surface area is 131 Å². The first-order valence-electron chi connectivity index (χ1n) is 7.02. The molecule has 0 bridgehead atoms. The first-order valence-corrected chi connectivity index (χ1v) is 8.91. The van der Waals surface area contributed by atoms with E-state index in [9.17, 15) is 13.2 Å². The standard InChI is InChI=1S/C17H19NO3S/c1-13(14-8-4-3-5-9-14)12-18-17(19)15-10-6-7-11-16(15)22(2,20)21/h3-11,13H,12H2,1-2H3,(H,18,19). The van der Waals surface area contributed by atoms with Gasteiger partial charge in [-0.15, -0.1) is 0 Å². The van der Waals surface area contributed by atoms with Crippen LogP contribution in [0, 0.1) is 0 Å². The second-order valence-corrected chi connectivity index (χ2v) is 7.27. The largest absolute Gasteiger partial charge is 0.351 e. The molecule has 2 rings (SSSR count). The minimum absolute atomic E-state index is 0.0554. The molecule has 1 atom stereocenters. The third-order valence-electron chi connectivity index (χ3n) is 3.47. The number of carbonyl (C=O) groups excluding carboxylic acids is 1. The van der Waals surface area contributed by atoms with E-state index in [-0.39, 0.29) is 22.3 Å². The topological polar surface area (TPSA) is 63.2 Å². The van der Waals surface area contributed by atoms with Gasteiger partial charge in [0.15, 0.2) is 9.84 Å². The molecule has 2 aromatic rings. The van der Waals surface area contributed by atoms with E-state index in [0.29, 0.717) is 6.54 Å². The molecule has 2 aromatic carbocycles. The van der Waals surface area contributed by atoms with Gasteiger partial charge < -0.3 is 5.32 Å². The van der Waals surface area contributed by atoms with Crippen molar-refractivity contribution in [2.75, 3.05) is 12.8 Å². The maximum Gasteiger partial charge on any atom is 0.252 e. The highest BCUT2D eigenvalue weighted by Crippen LogP contribution is 2.16. The molecule has 0 aliphatic carbocycles. The van der Waals surface area contributed by atoms with Crippen LogP contribution in [-0.2, 0) is 9.84 Å². The molecule has 22 heavy (non-hydrogen) atoms. The van der Waals surface area contributed by atoms with Gasteiger partial charge in [-0.25, -0.2) is 8.42 Å². The second-order valence-electron chi connectivity index (χ2n) is 5.29. The van der Waals surface area contributed by atoms with Crippen molar-refractivity contribution < 1.29 is 13.2 Å². The van der Waals surface area contributed by atoms with Gasteiger partial charge in [0.1, 0.15) is 0 Å². The first-order chi connectivity index (χ1) is 10.4. The fraction of sp³-hybridized carbons (Fsp3) is 0.235. The van der Waals surface area contributed by atoms with Crippen LogP contribution in [0.5, 0.6) is 0 Å². The van der Waals surface area contributed by atoms with Gasteiger partial charge in [-0.2, -0.15) is 0 Å². The van der Waals surface area contributed by atoms with E-state index < -0.39 is 9.84 Å². The lowest BCUT2D eigenvalue weighted by atomic mass is 10.0. The highest BCUT2D eigenvalue weighted by Gasteiger charge is 2.18. The summed E-state index contributed by atoms with van der Waals surface area (Å²) in [6.45, 7) is 2.46. The zero-order chi connectivity index (χ0) is 16.2. The van der Waals surface area contributed by atoms with Gasteiger partial charge in [0.05, 0.1) is 10.5 Å². The quantitative estimate of drug-likeness (QED) is 0.922. The van der Waals surface area contributed by atoms with Crippen molar-refractivity contribution in [2.45, 2.75) is 17.7 Å². The number of rotatable bonds is 5. The van der Waals surface area contributed by atoms with E-state index in [1.165, 1.54) is 12.1 Å². The maximum atomic E-state index is 12.3. The van der Waals surface area contributed by atoms with Gasteiger partial charge in [-0.1, -0.05) is 49.4 Å². The fourth-order valence-electron chi connectivity index (χ4n) is 2.22. The zero-order valence-electron chi connectivity index (χ0n) is 12.6. The number of hydrogen-bond donors (Lipinski definition) is 1. The third-order valence-corrected chi connectivity index (χ3v) is 4.62. The number of nitrogens with one attached hydrogen (secondary N) is 1. The summed E-state index contributed by atoms with van der Waals surface area (Å²) < 4.78 is 23.5. The van der Waals surface area contributed by atoms with E-state index in [1.54, 1.807) is 12.1 Å². The molecule has 0 fully saturated rings. The molecular weight excluding hydrogens is 298 g/mol. The molecule has 0 aliphatic rings. The van der Waals surface area contributed by atoms with Crippen LogP contribution in [0.25, 0.3) is 0 Å². The molecule has 0 radical (unpaired) electrons. The van der Waals surface area contributed by atoms with Crippen LogP contribution < -0.4 is 5.32 Å². The number of benzene rings is 2. The molecule has 0 saturated heterocycles. The summed E-state index contributed by atoms with van der Waals surface area (Å²) in [7, 11) is -3.43. The van der Waals surface area contributed by atoms with Crippen molar-refractivity contribution >= 4 is 15.7 Å². The molecule has 4 nitrogen and oxygen atoms in total. The van der Waals surface area contributed by atoms with Crippen LogP contribution in [-0.4, -0.2) is 27.1 Å². The second kappa shape index (κ2) is 6.75. The minimum atomic E-state index is -3.43. The predicted octanol–water partition coefficient (Wildman–Crippen LogP) is 2.62. The van der Waals surface area contributed by atoms with Gasteiger partial charge in [0.25, 0.3) is 5.91 Å². The monoisotopic (exact) mass is 317 g/mol. The highest BCUT2D eigenvalue weighted by molar-refractivity contribution is 7.90. The van der Waals surface area contributed by atoms with Crippen LogP contribution in [0.3, 0.4) is 0 Å². The maximum absolute atomic E-state index is 12.3. The van der Waals surface area contributed by atoms with E-state index >= 15 is 0 Å².